The topological polar surface area (TPSA) is 74.3 Å². The van der Waals surface area contributed by atoms with Crippen molar-refractivity contribution in [3.05, 3.63) is 370 Å². The Balaban J connectivity index is 0.000000145. The molecule has 5 heterocycles. The highest BCUT2D eigenvalue weighted by Crippen LogP contribution is 2.43. The fraction of sp³-hybridized carbons (Fsp3) is 0. The van der Waals surface area contributed by atoms with Crippen molar-refractivity contribution >= 4 is 86.7 Å². The standard InChI is InChI=1S/C54H35N3.C41H26N4/c1-3-14-36(15-4-1)37-26-28-38(29-27-37)40-20-13-21-43(32-40)54-55-49(39-16-5-2-6-17-39)35-50(56-54)45-30-31-52(46-23-10-9-22-44(45)46)57-51-25-12-11-24-47(51)48-33-41-18-7-8-19-42(41)34-53(48)57;1-2-12-27(13-3-1)36-26-37(44-41(43-36)35-19-10-11-23-42-35)31-21-22-39(32-17-7-6-16-30(31)32)45-38-20-9-8-18-33(38)34-24-28-14-4-5-15-29(28)25-40(34)45/h1-35H;1-26H. The molecule has 7 nitrogen and oxygen atoms in total. The van der Waals surface area contributed by atoms with Crippen LogP contribution in [0.2, 0.25) is 0 Å². The third-order valence-corrected chi connectivity index (χ3v) is 19.8. The first-order chi connectivity index (χ1) is 50.6. The van der Waals surface area contributed by atoms with Crippen LogP contribution in [-0.4, -0.2) is 34.1 Å². The van der Waals surface area contributed by atoms with E-state index in [0.717, 1.165) is 100 Å². The molecule has 0 aliphatic heterocycles. The first-order valence-corrected chi connectivity index (χ1v) is 34.5. The fourth-order valence-corrected chi connectivity index (χ4v) is 15.0. The number of para-hydroxylation sites is 2. The minimum atomic E-state index is 0.606. The van der Waals surface area contributed by atoms with E-state index >= 15 is 0 Å². The number of nitrogens with zero attached hydrogens (tertiary/aromatic N) is 7. The van der Waals surface area contributed by atoms with Crippen LogP contribution in [0.3, 0.4) is 0 Å². The molecular weight excluding hydrogens is 1240 g/mol. The molecule has 476 valence electrons. The van der Waals surface area contributed by atoms with E-state index in [1.165, 1.54) is 76.3 Å². The second-order valence-corrected chi connectivity index (χ2v) is 25.9. The zero-order chi connectivity index (χ0) is 67.5. The lowest BCUT2D eigenvalue weighted by molar-refractivity contribution is 1.15. The molecule has 7 heteroatoms. The molecule has 5 aromatic heterocycles. The van der Waals surface area contributed by atoms with Crippen molar-refractivity contribution in [1.29, 1.82) is 0 Å². The van der Waals surface area contributed by atoms with Gasteiger partial charge in [0.05, 0.1) is 56.2 Å². The van der Waals surface area contributed by atoms with Crippen LogP contribution >= 0.6 is 0 Å². The number of pyridine rings is 1. The summed E-state index contributed by atoms with van der Waals surface area (Å²) >= 11 is 0. The van der Waals surface area contributed by atoms with Crippen LogP contribution in [-0.2, 0) is 0 Å². The molecule has 102 heavy (non-hydrogen) atoms. The predicted octanol–water partition coefficient (Wildman–Crippen LogP) is 24.5. The molecule has 0 radical (unpaired) electrons. The van der Waals surface area contributed by atoms with Crippen molar-refractivity contribution in [1.82, 2.24) is 34.1 Å². The number of rotatable bonds is 10. The van der Waals surface area contributed by atoms with E-state index in [4.69, 9.17) is 19.9 Å². The zero-order valence-electron chi connectivity index (χ0n) is 55.3. The Morgan fingerprint density at radius 3 is 1.06 bits per heavy atom. The van der Waals surface area contributed by atoms with E-state index in [0.29, 0.717) is 11.6 Å². The normalized spacial score (nSPS) is 11.5. The van der Waals surface area contributed by atoms with E-state index in [1.54, 1.807) is 6.20 Å². The van der Waals surface area contributed by atoms with Gasteiger partial charge in [-0.25, -0.2) is 19.9 Å². The maximum atomic E-state index is 5.35. The molecule has 20 aromatic rings. The molecule has 0 aliphatic rings. The number of benzene rings is 15. The first kappa shape index (κ1) is 59.5. The molecule has 0 saturated carbocycles. The second-order valence-electron chi connectivity index (χ2n) is 25.9. The summed E-state index contributed by atoms with van der Waals surface area (Å²) in [6, 6.07) is 129. The molecule has 0 spiro atoms. The summed E-state index contributed by atoms with van der Waals surface area (Å²) in [7, 11) is 0. The van der Waals surface area contributed by atoms with Crippen LogP contribution in [0.25, 0.3) is 188 Å². The Labute approximate surface area is 588 Å². The molecule has 0 atom stereocenters. The Bertz CT molecular complexity index is 6550. The molecule has 0 bridgehead atoms. The van der Waals surface area contributed by atoms with Crippen molar-refractivity contribution < 1.29 is 0 Å². The van der Waals surface area contributed by atoms with Gasteiger partial charge in [-0.2, -0.15) is 0 Å². The Morgan fingerprint density at radius 1 is 0.186 bits per heavy atom. The van der Waals surface area contributed by atoms with Crippen molar-refractivity contribution in [3.8, 4) is 102 Å². The minimum Gasteiger partial charge on any atom is -0.309 e. The van der Waals surface area contributed by atoms with Gasteiger partial charge in [0.2, 0.25) is 0 Å². The number of hydrogen-bond donors (Lipinski definition) is 0. The van der Waals surface area contributed by atoms with E-state index in [9.17, 15) is 0 Å². The Morgan fingerprint density at radius 2 is 0.559 bits per heavy atom. The molecule has 0 saturated heterocycles. The summed E-state index contributed by atoms with van der Waals surface area (Å²) in [6.07, 6.45) is 1.78. The fourth-order valence-electron chi connectivity index (χ4n) is 15.0. The van der Waals surface area contributed by atoms with E-state index < -0.39 is 0 Å². The molecule has 0 amide bonds. The van der Waals surface area contributed by atoms with Gasteiger partial charge in [0.25, 0.3) is 0 Å². The van der Waals surface area contributed by atoms with Crippen LogP contribution in [0.15, 0.2) is 370 Å². The van der Waals surface area contributed by atoms with Gasteiger partial charge in [-0.3, -0.25) is 4.98 Å². The Hall–Kier alpha value is -13.8. The average molecular weight is 1300 g/mol. The maximum Gasteiger partial charge on any atom is 0.179 e. The highest BCUT2D eigenvalue weighted by molar-refractivity contribution is 6.17. The molecule has 20 rings (SSSR count). The van der Waals surface area contributed by atoms with Crippen molar-refractivity contribution in [2.24, 2.45) is 0 Å². The highest BCUT2D eigenvalue weighted by Gasteiger charge is 2.22. The van der Waals surface area contributed by atoms with Gasteiger partial charge in [-0.15, -0.1) is 0 Å². The lowest BCUT2D eigenvalue weighted by Crippen LogP contribution is -1.99. The molecule has 0 aliphatic carbocycles. The van der Waals surface area contributed by atoms with Crippen LogP contribution in [0.4, 0.5) is 0 Å². The van der Waals surface area contributed by atoms with Crippen molar-refractivity contribution in [2.75, 3.05) is 0 Å². The van der Waals surface area contributed by atoms with Gasteiger partial charge in [0.1, 0.15) is 5.69 Å². The molecular formula is C95H61N7. The first-order valence-electron chi connectivity index (χ1n) is 34.5. The van der Waals surface area contributed by atoms with Crippen LogP contribution in [0.5, 0.6) is 0 Å². The number of hydrogen-bond acceptors (Lipinski definition) is 5. The van der Waals surface area contributed by atoms with Crippen molar-refractivity contribution in [3.63, 3.8) is 0 Å². The lowest BCUT2D eigenvalue weighted by Gasteiger charge is -2.16. The third kappa shape index (κ3) is 10.7. The highest BCUT2D eigenvalue weighted by atomic mass is 15.0. The zero-order valence-corrected chi connectivity index (χ0v) is 55.3. The monoisotopic (exact) mass is 1300 g/mol. The molecule has 0 unspecified atom stereocenters. The van der Waals surface area contributed by atoms with Crippen LogP contribution in [0, 0.1) is 0 Å². The second kappa shape index (κ2) is 25.3. The summed E-state index contributed by atoms with van der Waals surface area (Å²) in [6.45, 7) is 0. The number of fused-ring (bicyclic) bond motifs is 10. The minimum absolute atomic E-state index is 0.606. The summed E-state index contributed by atoms with van der Waals surface area (Å²) < 4.78 is 4.85. The van der Waals surface area contributed by atoms with E-state index in [-0.39, 0.29) is 0 Å². The van der Waals surface area contributed by atoms with Gasteiger partial charge in [-0.1, -0.05) is 285 Å². The smallest absolute Gasteiger partial charge is 0.179 e. The summed E-state index contributed by atoms with van der Waals surface area (Å²) in [5.74, 6) is 1.30. The van der Waals surface area contributed by atoms with Gasteiger partial charge in [0.15, 0.2) is 11.6 Å². The summed E-state index contributed by atoms with van der Waals surface area (Å²) in [4.78, 5) is 25.2. The predicted molar refractivity (Wildman–Crippen MR) is 424 cm³/mol. The van der Waals surface area contributed by atoms with E-state index in [2.05, 4.69) is 336 Å². The van der Waals surface area contributed by atoms with Crippen LogP contribution < -0.4 is 0 Å². The SMILES string of the molecule is c1ccc(-c2cc(-c3ccc(-n4c5ccccc5c5cc6ccccc6cc54)c4ccccc34)nc(-c3ccccn3)n2)cc1.c1ccc(-c2ccc(-c3cccc(-c4nc(-c5ccccc5)cc(-c5ccc(-n6c7ccccc7c7cc8ccccc8cc76)c6ccccc56)n4)c3)cc2)cc1. The molecule has 0 N–H and O–H groups in total. The third-order valence-electron chi connectivity index (χ3n) is 19.8. The molecule has 0 fully saturated rings. The summed E-state index contributed by atoms with van der Waals surface area (Å²) in [5, 5.41) is 14.5. The molecule has 15 aromatic carbocycles. The number of aromatic nitrogens is 7. The summed E-state index contributed by atoms with van der Waals surface area (Å²) in [5.41, 5.74) is 21.1. The van der Waals surface area contributed by atoms with Gasteiger partial charge < -0.3 is 9.13 Å². The quantitative estimate of drug-likeness (QED) is 0.136. The largest absolute Gasteiger partial charge is 0.309 e. The van der Waals surface area contributed by atoms with Crippen LogP contribution in [0.1, 0.15) is 0 Å². The van der Waals surface area contributed by atoms with Gasteiger partial charge in [0, 0.05) is 66.3 Å². The lowest BCUT2D eigenvalue weighted by atomic mass is 9.98. The maximum absolute atomic E-state index is 5.35. The average Bonchev–Trinajstić information content (AvgIpc) is 1.57. The van der Waals surface area contributed by atoms with Gasteiger partial charge in [-0.05, 0) is 133 Å². The Kier molecular flexibility index (Phi) is 14.7. The van der Waals surface area contributed by atoms with Crippen molar-refractivity contribution in [2.45, 2.75) is 0 Å². The van der Waals surface area contributed by atoms with E-state index in [1.807, 2.05) is 42.5 Å². The van der Waals surface area contributed by atoms with Gasteiger partial charge >= 0.3 is 0 Å².